The first-order valence-electron chi connectivity index (χ1n) is 18.4. The van der Waals surface area contributed by atoms with Crippen LogP contribution in [0.15, 0.2) is 0 Å². The standard InChI is InChI=1S/C37H65N4O5P.C2H6/c1-26-14-27(44-24-38)17-36(12,15-26)22-40-29(42)35(10,11)46-33(6,7)19-32(4,5)20-34(8,9)47-30(43)41-23-37(13)18-28(45-25-39)16-31(2,3)21-37;1-2/h26-28,47H,14-23H2,1-13H3,(H,40,42)(H,41,43);1-2H3. The predicted molar refractivity (Wildman–Crippen MR) is 200 cm³/mol. The molecule has 0 saturated heterocycles. The van der Waals surface area contributed by atoms with Crippen molar-refractivity contribution in [3.63, 3.8) is 0 Å². The number of nitriles is 2. The summed E-state index contributed by atoms with van der Waals surface area (Å²) in [7, 11) is 0.0953. The smallest absolute Gasteiger partial charge is 0.286 e. The van der Waals surface area contributed by atoms with Gasteiger partial charge in [-0.05, 0) is 120 Å². The molecule has 49 heavy (non-hydrogen) atoms. The van der Waals surface area contributed by atoms with Gasteiger partial charge in [0.05, 0.1) is 5.60 Å². The molecule has 10 heteroatoms. The summed E-state index contributed by atoms with van der Waals surface area (Å²) >= 11 is 0. The minimum Gasteiger partial charge on any atom is -0.424 e. The van der Waals surface area contributed by atoms with Crippen molar-refractivity contribution in [2.45, 2.75) is 184 Å². The summed E-state index contributed by atoms with van der Waals surface area (Å²) in [6.07, 6.45) is 10.1. The Balaban J connectivity index is 0.00000589. The van der Waals surface area contributed by atoms with E-state index < -0.39 is 11.2 Å². The van der Waals surface area contributed by atoms with Crippen LogP contribution in [0.1, 0.15) is 155 Å². The Kier molecular flexibility index (Phi) is 16.0. The van der Waals surface area contributed by atoms with Crippen LogP contribution in [0.25, 0.3) is 0 Å². The van der Waals surface area contributed by atoms with Crippen molar-refractivity contribution in [2.75, 3.05) is 13.1 Å². The number of hydrogen-bond donors (Lipinski definition) is 2. The molecule has 0 aromatic rings. The average Bonchev–Trinajstić information content (AvgIpc) is 2.88. The zero-order valence-corrected chi connectivity index (χ0v) is 34.7. The van der Waals surface area contributed by atoms with Gasteiger partial charge in [-0.15, -0.1) is 0 Å². The fraction of sp³-hybridized carbons (Fsp3) is 0.897. The van der Waals surface area contributed by atoms with Gasteiger partial charge in [-0.3, -0.25) is 9.59 Å². The molecule has 0 spiro atoms. The summed E-state index contributed by atoms with van der Waals surface area (Å²) in [6, 6.07) is 0. The van der Waals surface area contributed by atoms with E-state index in [0.717, 1.165) is 44.9 Å². The summed E-state index contributed by atoms with van der Waals surface area (Å²) in [5.41, 5.74) is -1.97. The Morgan fingerprint density at radius 2 is 1.33 bits per heavy atom. The van der Waals surface area contributed by atoms with Crippen molar-refractivity contribution in [2.24, 2.45) is 27.6 Å². The monoisotopic (exact) mass is 707 g/mol. The average molecular weight is 707 g/mol. The topological polar surface area (TPSA) is 133 Å². The number of nitrogens with zero attached hydrogens (tertiary/aromatic N) is 2. The van der Waals surface area contributed by atoms with E-state index >= 15 is 0 Å². The summed E-state index contributed by atoms with van der Waals surface area (Å²) in [4.78, 5) is 26.7. The Hall–Kier alpha value is -2.09. The van der Waals surface area contributed by atoms with Gasteiger partial charge in [-0.2, -0.15) is 10.5 Å². The Labute approximate surface area is 301 Å². The Morgan fingerprint density at radius 1 is 0.796 bits per heavy atom. The number of carbonyl (C=O) groups excluding carboxylic acids is 2. The number of amides is 2. The molecule has 9 nitrogen and oxygen atoms in total. The third-order valence-corrected chi connectivity index (χ3v) is 11.0. The van der Waals surface area contributed by atoms with E-state index in [-0.39, 0.29) is 59.2 Å². The highest BCUT2D eigenvalue weighted by atomic mass is 31.1. The van der Waals surface area contributed by atoms with Crippen LogP contribution in [0.3, 0.4) is 0 Å². The fourth-order valence-corrected chi connectivity index (χ4v) is 11.0. The van der Waals surface area contributed by atoms with E-state index in [9.17, 15) is 9.59 Å². The molecule has 0 heterocycles. The maximum atomic E-state index is 13.4. The van der Waals surface area contributed by atoms with E-state index in [0.29, 0.717) is 25.4 Å². The number of carbonyl (C=O) groups is 2. The van der Waals surface area contributed by atoms with E-state index in [1.54, 1.807) is 0 Å². The van der Waals surface area contributed by atoms with Crippen molar-refractivity contribution < 1.29 is 23.8 Å². The van der Waals surface area contributed by atoms with Crippen LogP contribution < -0.4 is 10.6 Å². The summed E-state index contributed by atoms with van der Waals surface area (Å²) in [5, 5.41) is 24.2. The lowest BCUT2D eigenvalue weighted by Gasteiger charge is -2.45. The first-order valence-corrected chi connectivity index (χ1v) is 19.4. The quantitative estimate of drug-likeness (QED) is 0.128. The van der Waals surface area contributed by atoms with E-state index in [2.05, 4.69) is 72.9 Å². The van der Waals surface area contributed by atoms with Crippen LogP contribution >= 0.6 is 8.58 Å². The van der Waals surface area contributed by atoms with Crippen LogP contribution in [-0.4, -0.2) is 53.2 Å². The molecule has 0 bridgehead atoms. The lowest BCUT2D eigenvalue weighted by atomic mass is 9.63. The fourth-order valence-electron chi connectivity index (χ4n) is 9.61. The van der Waals surface area contributed by atoms with Gasteiger partial charge in [0.25, 0.3) is 18.4 Å². The Morgan fingerprint density at radius 3 is 1.90 bits per heavy atom. The molecule has 2 N–H and O–H groups in total. The lowest BCUT2D eigenvalue weighted by Crippen LogP contribution is -2.52. The second-order valence-electron chi connectivity index (χ2n) is 19.0. The third-order valence-electron chi connectivity index (χ3n) is 9.78. The van der Waals surface area contributed by atoms with Crippen molar-refractivity contribution in [1.29, 1.82) is 10.5 Å². The Bertz CT molecular complexity index is 1190. The number of rotatable bonds is 15. The molecular weight excluding hydrogens is 635 g/mol. The first-order chi connectivity index (χ1) is 22.2. The maximum absolute atomic E-state index is 13.4. The molecule has 2 fully saturated rings. The molecule has 6 atom stereocenters. The molecular formula is C39H71N4O5P. The van der Waals surface area contributed by atoms with Crippen LogP contribution in [0.5, 0.6) is 0 Å². The maximum Gasteiger partial charge on any atom is 0.286 e. The molecule has 0 aromatic heterocycles. The van der Waals surface area contributed by atoms with Gasteiger partial charge in [0, 0.05) is 13.1 Å². The van der Waals surface area contributed by atoms with Gasteiger partial charge in [0.2, 0.25) is 5.65 Å². The molecule has 2 aliphatic carbocycles. The number of nitrogens with one attached hydrogen (secondary N) is 2. The normalized spacial score (nSPS) is 27.6. The first kappa shape index (κ1) is 44.9. The van der Waals surface area contributed by atoms with E-state index in [4.69, 9.17) is 24.7 Å². The zero-order chi connectivity index (χ0) is 38.1. The molecule has 2 aliphatic rings. The van der Waals surface area contributed by atoms with E-state index in [1.165, 1.54) is 0 Å². The van der Waals surface area contributed by atoms with Crippen LogP contribution in [0.2, 0.25) is 0 Å². The van der Waals surface area contributed by atoms with Crippen LogP contribution in [0, 0.1) is 50.6 Å². The van der Waals surface area contributed by atoms with E-state index in [1.807, 2.05) is 54.1 Å². The van der Waals surface area contributed by atoms with Crippen molar-refractivity contribution >= 4 is 20.1 Å². The molecule has 6 unspecified atom stereocenters. The van der Waals surface area contributed by atoms with Gasteiger partial charge in [0.1, 0.15) is 17.8 Å². The molecule has 0 radical (unpaired) electrons. The number of hydrogen-bond acceptors (Lipinski definition) is 7. The molecule has 2 rings (SSSR count). The summed E-state index contributed by atoms with van der Waals surface area (Å²) in [5.74, 6) is 0.260. The van der Waals surface area contributed by atoms with Crippen molar-refractivity contribution in [1.82, 2.24) is 10.6 Å². The summed E-state index contributed by atoms with van der Waals surface area (Å²) < 4.78 is 17.2. The van der Waals surface area contributed by atoms with Crippen LogP contribution in [-0.2, 0) is 19.0 Å². The number of ether oxygens (including phenoxy) is 3. The highest BCUT2D eigenvalue weighted by Crippen LogP contribution is 2.48. The minimum absolute atomic E-state index is 0.0405. The highest BCUT2D eigenvalue weighted by Gasteiger charge is 2.44. The highest BCUT2D eigenvalue weighted by molar-refractivity contribution is 7.59. The van der Waals surface area contributed by atoms with Gasteiger partial charge in [-0.1, -0.05) is 76.2 Å². The van der Waals surface area contributed by atoms with Crippen molar-refractivity contribution in [3.8, 4) is 12.5 Å². The van der Waals surface area contributed by atoms with Gasteiger partial charge < -0.3 is 24.8 Å². The van der Waals surface area contributed by atoms with Gasteiger partial charge in [-0.25, -0.2) is 0 Å². The molecule has 282 valence electrons. The van der Waals surface area contributed by atoms with Crippen molar-refractivity contribution in [3.05, 3.63) is 0 Å². The van der Waals surface area contributed by atoms with Crippen LogP contribution in [0.4, 0.5) is 4.79 Å². The molecule has 0 aromatic carbocycles. The lowest BCUT2D eigenvalue weighted by molar-refractivity contribution is -0.168. The molecule has 2 saturated carbocycles. The van der Waals surface area contributed by atoms with Gasteiger partial charge >= 0.3 is 0 Å². The minimum atomic E-state index is -1.04. The summed E-state index contributed by atoms with van der Waals surface area (Å²) in [6.45, 7) is 32.4. The second-order valence-corrected chi connectivity index (χ2v) is 21.1. The largest absolute Gasteiger partial charge is 0.424 e. The molecule has 0 aliphatic heterocycles. The predicted octanol–water partition coefficient (Wildman–Crippen LogP) is 9.45. The third kappa shape index (κ3) is 15.8. The molecule has 2 amide bonds. The SMILES string of the molecule is CC.CC1CC(OC#N)CC(C)(CNC(=O)C(C)(C)OC(C)(C)CC(C)(C)CC(C)(C)PC(=O)NCC2(C)CC(OC#N)CC(C)(C)C2)C1. The second kappa shape index (κ2) is 17.4. The van der Waals surface area contributed by atoms with Gasteiger partial charge in [0.15, 0.2) is 0 Å². The zero-order valence-electron chi connectivity index (χ0n) is 33.7.